The van der Waals surface area contributed by atoms with Gasteiger partial charge in [0, 0.05) is 18.8 Å². The van der Waals surface area contributed by atoms with Gasteiger partial charge in [0.05, 0.1) is 0 Å². The van der Waals surface area contributed by atoms with E-state index < -0.39 is 5.97 Å². The van der Waals surface area contributed by atoms with E-state index >= 15 is 0 Å². The molecule has 0 radical (unpaired) electrons. The summed E-state index contributed by atoms with van der Waals surface area (Å²) in [6.45, 7) is 1.87. The van der Waals surface area contributed by atoms with Crippen LogP contribution in [-0.4, -0.2) is 29.1 Å². The zero-order valence-corrected chi connectivity index (χ0v) is 11.2. The molecule has 3 rings (SSSR count). The molecular weight excluding hydrogens is 240 g/mol. The highest BCUT2D eigenvalue weighted by atomic mass is 16.4. The molecule has 1 saturated heterocycles. The van der Waals surface area contributed by atoms with Gasteiger partial charge in [-0.2, -0.15) is 0 Å². The molecule has 1 N–H and O–H groups in total. The minimum Gasteiger partial charge on any atom is -0.478 e. The van der Waals surface area contributed by atoms with Gasteiger partial charge in [-0.25, -0.2) is 9.78 Å². The molecule has 4 heteroatoms. The Morgan fingerprint density at radius 1 is 1.11 bits per heavy atom. The van der Waals surface area contributed by atoms with E-state index in [1.165, 1.54) is 12.8 Å². The number of hydrogen-bond donors (Lipinski definition) is 1. The zero-order chi connectivity index (χ0) is 13.2. The predicted octanol–water partition coefficient (Wildman–Crippen LogP) is 2.65. The summed E-state index contributed by atoms with van der Waals surface area (Å²) in [7, 11) is 0. The standard InChI is InChI=1S/C15H20N2O2/c18-15(19)12-10-11-6-5-7-13(11)16-14(12)17-8-3-1-2-4-9-17/h10H,1-9H2,(H,18,19). The Morgan fingerprint density at radius 3 is 2.53 bits per heavy atom. The second-order valence-electron chi connectivity index (χ2n) is 5.53. The van der Waals surface area contributed by atoms with Crippen molar-refractivity contribution in [2.24, 2.45) is 0 Å². The SMILES string of the molecule is O=C(O)c1cc2c(nc1N1CCCCCC1)CCC2. The summed E-state index contributed by atoms with van der Waals surface area (Å²) < 4.78 is 0. The molecule has 0 atom stereocenters. The van der Waals surface area contributed by atoms with Crippen LogP contribution >= 0.6 is 0 Å². The summed E-state index contributed by atoms with van der Waals surface area (Å²) in [5, 5.41) is 9.43. The highest BCUT2D eigenvalue weighted by molar-refractivity contribution is 5.93. The number of fused-ring (bicyclic) bond motifs is 1. The first-order valence-corrected chi connectivity index (χ1v) is 7.27. The lowest BCUT2D eigenvalue weighted by atomic mass is 10.1. The minimum absolute atomic E-state index is 0.391. The summed E-state index contributed by atoms with van der Waals surface area (Å²) in [4.78, 5) is 18.3. The van der Waals surface area contributed by atoms with E-state index in [-0.39, 0.29) is 0 Å². The van der Waals surface area contributed by atoms with Crippen molar-refractivity contribution >= 4 is 11.8 Å². The first-order chi connectivity index (χ1) is 9.25. The maximum Gasteiger partial charge on any atom is 0.339 e. The van der Waals surface area contributed by atoms with E-state index in [0.717, 1.165) is 56.5 Å². The van der Waals surface area contributed by atoms with Gasteiger partial charge in [0.25, 0.3) is 0 Å². The molecule has 4 nitrogen and oxygen atoms in total. The number of anilines is 1. The van der Waals surface area contributed by atoms with Gasteiger partial charge in [-0.15, -0.1) is 0 Å². The van der Waals surface area contributed by atoms with E-state index in [1.807, 2.05) is 6.07 Å². The lowest BCUT2D eigenvalue weighted by Crippen LogP contribution is -2.27. The van der Waals surface area contributed by atoms with E-state index in [1.54, 1.807) is 0 Å². The van der Waals surface area contributed by atoms with Crippen molar-refractivity contribution in [1.82, 2.24) is 4.98 Å². The fraction of sp³-hybridized carbons (Fsp3) is 0.600. The minimum atomic E-state index is -0.846. The Labute approximate surface area is 113 Å². The van der Waals surface area contributed by atoms with Crippen molar-refractivity contribution in [3.8, 4) is 0 Å². The van der Waals surface area contributed by atoms with Gasteiger partial charge >= 0.3 is 5.97 Å². The average Bonchev–Trinajstić information content (AvgIpc) is 2.69. The van der Waals surface area contributed by atoms with Gasteiger partial charge in [0.1, 0.15) is 11.4 Å². The number of nitrogens with zero attached hydrogens (tertiary/aromatic N) is 2. The molecule has 0 bridgehead atoms. The second-order valence-corrected chi connectivity index (χ2v) is 5.53. The smallest absolute Gasteiger partial charge is 0.339 e. The molecule has 2 heterocycles. The van der Waals surface area contributed by atoms with Crippen LogP contribution in [0.1, 0.15) is 53.7 Å². The third-order valence-electron chi connectivity index (χ3n) is 4.17. The first-order valence-electron chi connectivity index (χ1n) is 7.27. The average molecular weight is 260 g/mol. The van der Waals surface area contributed by atoms with Crippen LogP contribution in [0.4, 0.5) is 5.82 Å². The maximum absolute atomic E-state index is 11.5. The van der Waals surface area contributed by atoms with Gasteiger partial charge in [0.2, 0.25) is 0 Å². The van der Waals surface area contributed by atoms with Crippen LogP contribution in [0, 0.1) is 0 Å². The van der Waals surface area contributed by atoms with Crippen LogP contribution in [0.3, 0.4) is 0 Å². The fourth-order valence-corrected chi connectivity index (χ4v) is 3.14. The molecule has 0 unspecified atom stereocenters. The molecular formula is C15H20N2O2. The van der Waals surface area contributed by atoms with E-state index in [9.17, 15) is 9.90 Å². The molecule has 19 heavy (non-hydrogen) atoms. The number of pyridine rings is 1. The normalized spacial score (nSPS) is 19.1. The summed E-state index contributed by atoms with van der Waals surface area (Å²) in [6, 6.07) is 1.86. The van der Waals surface area contributed by atoms with Gasteiger partial charge < -0.3 is 10.0 Å². The number of carboxylic acids is 1. The summed E-state index contributed by atoms with van der Waals surface area (Å²) in [6.07, 6.45) is 7.83. The van der Waals surface area contributed by atoms with E-state index in [0.29, 0.717) is 11.4 Å². The van der Waals surface area contributed by atoms with Crippen LogP contribution in [0.15, 0.2) is 6.07 Å². The fourth-order valence-electron chi connectivity index (χ4n) is 3.14. The lowest BCUT2D eigenvalue weighted by Gasteiger charge is -2.23. The molecule has 1 fully saturated rings. The number of hydrogen-bond acceptors (Lipinski definition) is 3. The summed E-state index contributed by atoms with van der Waals surface area (Å²) in [5.74, 6) is -0.142. The van der Waals surface area contributed by atoms with Crippen molar-refractivity contribution in [3.63, 3.8) is 0 Å². The number of aromatic nitrogens is 1. The highest BCUT2D eigenvalue weighted by Crippen LogP contribution is 2.28. The largest absolute Gasteiger partial charge is 0.478 e. The molecule has 2 aliphatic rings. The number of carboxylic acid groups (broad SMARTS) is 1. The maximum atomic E-state index is 11.5. The zero-order valence-electron chi connectivity index (χ0n) is 11.2. The van der Waals surface area contributed by atoms with Crippen molar-refractivity contribution in [3.05, 3.63) is 22.9 Å². The summed E-state index contributed by atoms with van der Waals surface area (Å²) >= 11 is 0. The number of rotatable bonds is 2. The first kappa shape index (κ1) is 12.5. The van der Waals surface area contributed by atoms with E-state index in [2.05, 4.69) is 9.88 Å². The van der Waals surface area contributed by atoms with Crippen LogP contribution in [0.5, 0.6) is 0 Å². The van der Waals surface area contributed by atoms with Gasteiger partial charge in [0.15, 0.2) is 0 Å². The molecule has 1 aromatic rings. The van der Waals surface area contributed by atoms with Crippen molar-refractivity contribution in [2.75, 3.05) is 18.0 Å². The molecule has 102 valence electrons. The Hall–Kier alpha value is -1.58. The number of carbonyl (C=O) groups is 1. The molecule has 0 spiro atoms. The summed E-state index contributed by atoms with van der Waals surface area (Å²) in [5.41, 5.74) is 2.64. The highest BCUT2D eigenvalue weighted by Gasteiger charge is 2.23. The van der Waals surface area contributed by atoms with Gasteiger partial charge in [-0.3, -0.25) is 0 Å². The Balaban J connectivity index is 2.00. The van der Waals surface area contributed by atoms with Crippen molar-refractivity contribution < 1.29 is 9.90 Å². The van der Waals surface area contributed by atoms with E-state index in [4.69, 9.17) is 0 Å². The van der Waals surface area contributed by atoms with Crippen LogP contribution in [0.25, 0.3) is 0 Å². The number of aryl methyl sites for hydroxylation is 2. The molecule has 1 aliphatic carbocycles. The lowest BCUT2D eigenvalue weighted by molar-refractivity contribution is 0.0697. The van der Waals surface area contributed by atoms with Crippen LogP contribution < -0.4 is 4.90 Å². The molecule has 0 aromatic carbocycles. The Kier molecular flexibility index (Phi) is 3.40. The van der Waals surface area contributed by atoms with Gasteiger partial charge in [-0.05, 0) is 43.7 Å². The third-order valence-corrected chi connectivity index (χ3v) is 4.17. The monoisotopic (exact) mass is 260 g/mol. The number of aromatic carboxylic acids is 1. The molecule has 1 aliphatic heterocycles. The Bertz CT molecular complexity index is 491. The topological polar surface area (TPSA) is 53.4 Å². The van der Waals surface area contributed by atoms with Crippen LogP contribution in [0.2, 0.25) is 0 Å². The third kappa shape index (κ3) is 2.44. The van der Waals surface area contributed by atoms with Crippen molar-refractivity contribution in [1.29, 1.82) is 0 Å². The second kappa shape index (κ2) is 5.19. The molecule has 0 saturated carbocycles. The molecule has 1 aromatic heterocycles. The Morgan fingerprint density at radius 2 is 1.84 bits per heavy atom. The quantitative estimate of drug-likeness (QED) is 0.888. The predicted molar refractivity (Wildman–Crippen MR) is 73.9 cm³/mol. The van der Waals surface area contributed by atoms with Crippen molar-refractivity contribution in [2.45, 2.75) is 44.9 Å². The van der Waals surface area contributed by atoms with Crippen LogP contribution in [-0.2, 0) is 12.8 Å². The molecule has 0 amide bonds. The van der Waals surface area contributed by atoms with Gasteiger partial charge in [-0.1, -0.05) is 12.8 Å².